The van der Waals surface area contributed by atoms with Gasteiger partial charge in [0.1, 0.15) is 0 Å². The third-order valence-corrected chi connectivity index (χ3v) is 2.82. The molecular weight excluding hydrogens is 164 g/mol. The third kappa shape index (κ3) is 2.44. The predicted octanol–water partition coefficient (Wildman–Crippen LogP) is 1.21. The van der Waals surface area contributed by atoms with E-state index in [2.05, 4.69) is 18.7 Å². The summed E-state index contributed by atoms with van der Waals surface area (Å²) in [7, 11) is 0. The Morgan fingerprint density at radius 2 is 2.08 bits per heavy atom. The van der Waals surface area contributed by atoms with Crippen LogP contribution in [0.1, 0.15) is 33.1 Å². The normalized spacial score (nSPS) is 23.6. The summed E-state index contributed by atoms with van der Waals surface area (Å²) in [5.74, 6) is 0. The molecule has 1 aliphatic heterocycles. The third-order valence-electron chi connectivity index (χ3n) is 2.82. The van der Waals surface area contributed by atoms with Gasteiger partial charge in [-0.05, 0) is 32.4 Å². The lowest BCUT2D eigenvalue weighted by Gasteiger charge is -2.39. The molecule has 1 radical (unpaired) electrons. The fraction of sp³-hybridized carbons (Fsp3) is 0.900. The van der Waals surface area contributed by atoms with Crippen molar-refractivity contribution in [1.29, 1.82) is 0 Å². The highest BCUT2D eigenvalue weighted by Gasteiger charge is 2.25. The van der Waals surface area contributed by atoms with Gasteiger partial charge in [0.15, 0.2) is 0 Å². The molecule has 0 aromatic carbocycles. The average molecular weight is 183 g/mol. The number of likely N-dealkylation sites (tertiary alicyclic amines) is 1. The first kappa shape index (κ1) is 10.5. The highest BCUT2D eigenvalue weighted by Crippen LogP contribution is 2.18. The number of hydrogen-bond donors (Lipinski definition) is 0. The van der Waals surface area contributed by atoms with Gasteiger partial charge in [0.25, 0.3) is 0 Å². The molecule has 1 fully saturated rings. The molecular formula is C10H19N2O. The first-order valence-electron chi connectivity index (χ1n) is 5.22. The van der Waals surface area contributed by atoms with E-state index in [1.807, 2.05) is 11.3 Å². The summed E-state index contributed by atoms with van der Waals surface area (Å²) in [5.41, 5.74) is 0. The van der Waals surface area contributed by atoms with Gasteiger partial charge < -0.3 is 4.90 Å². The van der Waals surface area contributed by atoms with Crippen molar-refractivity contribution in [2.24, 2.45) is 0 Å². The number of amides is 1. The Hall–Kier alpha value is -0.570. The van der Waals surface area contributed by atoms with E-state index in [9.17, 15) is 4.79 Å². The number of piperidine rings is 1. The van der Waals surface area contributed by atoms with E-state index in [0.717, 1.165) is 32.5 Å². The van der Waals surface area contributed by atoms with Crippen LogP contribution in [0.5, 0.6) is 0 Å². The zero-order valence-corrected chi connectivity index (χ0v) is 8.62. The van der Waals surface area contributed by atoms with Crippen LogP contribution >= 0.6 is 0 Å². The molecule has 1 unspecified atom stereocenters. The minimum Gasteiger partial charge on any atom is -0.319 e. The first-order chi connectivity index (χ1) is 6.33. The van der Waals surface area contributed by atoms with Gasteiger partial charge in [-0.3, -0.25) is 9.69 Å². The summed E-state index contributed by atoms with van der Waals surface area (Å²) in [6.45, 7) is 7.19. The van der Waals surface area contributed by atoms with Crippen LogP contribution in [-0.2, 0) is 4.79 Å². The Bertz CT molecular complexity index is 157. The van der Waals surface area contributed by atoms with Crippen LogP contribution in [0, 0.1) is 0 Å². The fourth-order valence-corrected chi connectivity index (χ4v) is 2.05. The van der Waals surface area contributed by atoms with Crippen molar-refractivity contribution in [3.8, 4) is 0 Å². The van der Waals surface area contributed by atoms with Crippen molar-refractivity contribution in [2.45, 2.75) is 39.3 Å². The molecule has 1 aliphatic rings. The van der Waals surface area contributed by atoms with E-state index in [0.29, 0.717) is 6.17 Å². The SMILES string of the molecule is CCN(CC)C1CCCCN1[C]=O. The Balaban J connectivity index is 2.56. The highest BCUT2D eigenvalue weighted by atomic mass is 16.1. The maximum atomic E-state index is 10.7. The van der Waals surface area contributed by atoms with Gasteiger partial charge in [-0.15, -0.1) is 0 Å². The fourth-order valence-electron chi connectivity index (χ4n) is 2.05. The summed E-state index contributed by atoms with van der Waals surface area (Å²) in [4.78, 5) is 14.8. The van der Waals surface area contributed by atoms with Gasteiger partial charge in [-0.25, -0.2) is 0 Å². The van der Waals surface area contributed by atoms with Crippen LogP contribution in [0.2, 0.25) is 0 Å². The van der Waals surface area contributed by atoms with E-state index in [4.69, 9.17) is 0 Å². The largest absolute Gasteiger partial charge is 0.319 e. The van der Waals surface area contributed by atoms with Gasteiger partial charge in [-0.2, -0.15) is 0 Å². The minimum atomic E-state index is 0.307. The molecule has 0 spiro atoms. The van der Waals surface area contributed by atoms with Gasteiger partial charge in [-0.1, -0.05) is 13.8 Å². The molecule has 75 valence electrons. The van der Waals surface area contributed by atoms with Crippen molar-refractivity contribution in [1.82, 2.24) is 9.80 Å². The van der Waals surface area contributed by atoms with Crippen LogP contribution in [0.3, 0.4) is 0 Å². The van der Waals surface area contributed by atoms with Crippen LogP contribution < -0.4 is 0 Å². The van der Waals surface area contributed by atoms with E-state index < -0.39 is 0 Å². The van der Waals surface area contributed by atoms with Gasteiger partial charge in [0.05, 0.1) is 6.17 Å². The van der Waals surface area contributed by atoms with Gasteiger partial charge >= 0.3 is 6.41 Å². The zero-order valence-electron chi connectivity index (χ0n) is 8.62. The van der Waals surface area contributed by atoms with Gasteiger partial charge in [0.2, 0.25) is 0 Å². The standard InChI is InChI=1S/C10H19N2O/c1-3-11(4-2)10-7-5-6-8-12(10)9-13/h10H,3-8H2,1-2H3. The maximum absolute atomic E-state index is 10.7. The van der Waals surface area contributed by atoms with Crippen LogP contribution in [0.25, 0.3) is 0 Å². The van der Waals surface area contributed by atoms with Crippen LogP contribution in [-0.4, -0.2) is 42.0 Å². The lowest BCUT2D eigenvalue weighted by molar-refractivity contribution is 0.0677. The summed E-state index contributed by atoms with van der Waals surface area (Å²) in [6, 6.07) is 0. The monoisotopic (exact) mass is 183 g/mol. The maximum Gasteiger partial charge on any atom is 0.313 e. The van der Waals surface area contributed by atoms with Gasteiger partial charge in [0, 0.05) is 6.54 Å². The molecule has 1 saturated heterocycles. The lowest BCUT2D eigenvalue weighted by Crippen LogP contribution is -2.50. The molecule has 1 atom stereocenters. The molecule has 0 saturated carbocycles. The summed E-state index contributed by atoms with van der Waals surface area (Å²) >= 11 is 0. The smallest absolute Gasteiger partial charge is 0.313 e. The average Bonchev–Trinajstić information content (AvgIpc) is 2.20. The zero-order chi connectivity index (χ0) is 9.68. The highest BCUT2D eigenvalue weighted by molar-refractivity contribution is 5.48. The molecule has 3 heteroatoms. The summed E-state index contributed by atoms with van der Waals surface area (Å²) < 4.78 is 0. The Morgan fingerprint density at radius 1 is 1.38 bits per heavy atom. The molecule has 1 heterocycles. The van der Waals surface area contributed by atoms with Crippen molar-refractivity contribution in [3.63, 3.8) is 0 Å². The molecule has 0 aromatic rings. The Labute approximate surface area is 80.7 Å². The van der Waals surface area contributed by atoms with Crippen molar-refractivity contribution < 1.29 is 4.79 Å². The van der Waals surface area contributed by atoms with E-state index >= 15 is 0 Å². The van der Waals surface area contributed by atoms with Crippen molar-refractivity contribution >= 4 is 6.41 Å². The molecule has 0 aliphatic carbocycles. The molecule has 13 heavy (non-hydrogen) atoms. The van der Waals surface area contributed by atoms with Crippen LogP contribution in [0.15, 0.2) is 0 Å². The molecule has 0 aromatic heterocycles. The van der Waals surface area contributed by atoms with Crippen molar-refractivity contribution in [3.05, 3.63) is 0 Å². The number of nitrogens with zero attached hydrogens (tertiary/aromatic N) is 2. The number of rotatable bonds is 4. The first-order valence-corrected chi connectivity index (χ1v) is 5.22. The second-order valence-electron chi connectivity index (χ2n) is 3.48. The van der Waals surface area contributed by atoms with E-state index in [1.165, 1.54) is 6.42 Å². The quantitative estimate of drug-likeness (QED) is 0.654. The number of hydrogen-bond acceptors (Lipinski definition) is 2. The second-order valence-corrected chi connectivity index (χ2v) is 3.48. The Kier molecular flexibility index (Phi) is 4.22. The molecule has 1 rings (SSSR count). The molecule has 0 bridgehead atoms. The lowest BCUT2D eigenvalue weighted by atomic mass is 10.1. The topological polar surface area (TPSA) is 23.6 Å². The summed E-state index contributed by atoms with van der Waals surface area (Å²) in [6.07, 6.45) is 5.83. The number of carbonyl (C=O) groups excluding carboxylic acids is 1. The van der Waals surface area contributed by atoms with E-state index in [1.54, 1.807) is 0 Å². The second kappa shape index (κ2) is 5.22. The van der Waals surface area contributed by atoms with E-state index in [-0.39, 0.29) is 0 Å². The summed E-state index contributed by atoms with van der Waals surface area (Å²) in [5, 5.41) is 0. The molecule has 1 amide bonds. The van der Waals surface area contributed by atoms with Crippen molar-refractivity contribution in [2.75, 3.05) is 19.6 Å². The minimum absolute atomic E-state index is 0.307. The Morgan fingerprint density at radius 3 is 2.62 bits per heavy atom. The predicted molar refractivity (Wildman–Crippen MR) is 53.0 cm³/mol. The van der Waals surface area contributed by atoms with Crippen LogP contribution in [0.4, 0.5) is 0 Å². The molecule has 3 nitrogen and oxygen atoms in total. The molecule has 0 N–H and O–H groups in total.